The molecule has 1 aromatic heterocycles. The number of hydrogen-bond acceptors (Lipinski definition) is 4. The number of aromatic nitrogens is 2. The summed E-state index contributed by atoms with van der Waals surface area (Å²) in [7, 11) is 0. The van der Waals surface area contributed by atoms with Crippen molar-refractivity contribution in [3.8, 4) is 11.6 Å². The molecule has 0 fully saturated rings. The van der Waals surface area contributed by atoms with Crippen LogP contribution in [-0.2, 0) is 12.6 Å². The molecule has 0 spiro atoms. The fourth-order valence-electron chi connectivity index (χ4n) is 3.19. The summed E-state index contributed by atoms with van der Waals surface area (Å²) in [6.45, 7) is 5.91. The minimum Gasteiger partial charge on any atom is -0.437 e. The standard InChI is InChI=1S/C23H21ClF3N3O2/c1-13-7-8-16(14(2)11-13)9-10-28-21(31)19-15(3)20(24)29-30-22(19)32-18-6-4-5-17(12-18)23(25,26)27/h4-8,11-12H,9-10H2,1-3H3,(H,28,31). The lowest BCUT2D eigenvalue weighted by Crippen LogP contribution is -2.27. The first kappa shape index (κ1) is 23.5. The molecule has 0 aliphatic heterocycles. The summed E-state index contributed by atoms with van der Waals surface area (Å²) >= 11 is 6.03. The SMILES string of the molecule is Cc1ccc(CCNC(=O)c2c(Oc3cccc(C(F)(F)F)c3)nnc(Cl)c2C)c(C)c1. The van der Waals surface area contributed by atoms with Gasteiger partial charge in [0.25, 0.3) is 11.8 Å². The molecule has 0 radical (unpaired) electrons. The second-order valence-corrected chi connectivity index (χ2v) is 7.72. The molecule has 5 nitrogen and oxygen atoms in total. The van der Waals surface area contributed by atoms with Crippen molar-refractivity contribution in [2.24, 2.45) is 0 Å². The van der Waals surface area contributed by atoms with Crippen LogP contribution in [0.15, 0.2) is 42.5 Å². The van der Waals surface area contributed by atoms with E-state index in [1.54, 1.807) is 6.92 Å². The van der Waals surface area contributed by atoms with Gasteiger partial charge in [0.05, 0.1) is 5.56 Å². The fraction of sp³-hybridized carbons (Fsp3) is 0.261. The maximum atomic E-state index is 13.0. The monoisotopic (exact) mass is 463 g/mol. The van der Waals surface area contributed by atoms with E-state index in [0.29, 0.717) is 18.5 Å². The third kappa shape index (κ3) is 5.56. The number of hydrogen-bond donors (Lipinski definition) is 1. The number of carbonyl (C=O) groups is 1. The molecule has 0 saturated carbocycles. The minimum atomic E-state index is -4.53. The summed E-state index contributed by atoms with van der Waals surface area (Å²) in [5, 5.41) is 10.3. The summed E-state index contributed by atoms with van der Waals surface area (Å²) in [4.78, 5) is 12.9. The molecular formula is C23H21ClF3N3O2. The second-order valence-electron chi connectivity index (χ2n) is 7.36. The number of rotatable bonds is 6. The summed E-state index contributed by atoms with van der Waals surface area (Å²) in [5.74, 6) is -0.860. The predicted octanol–water partition coefficient (Wildman–Crippen LogP) is 5.84. The van der Waals surface area contributed by atoms with Crippen molar-refractivity contribution in [1.82, 2.24) is 15.5 Å². The van der Waals surface area contributed by atoms with E-state index < -0.39 is 17.6 Å². The van der Waals surface area contributed by atoms with Crippen LogP contribution < -0.4 is 10.1 Å². The molecule has 32 heavy (non-hydrogen) atoms. The highest BCUT2D eigenvalue weighted by molar-refractivity contribution is 6.30. The first-order valence-electron chi connectivity index (χ1n) is 9.78. The van der Waals surface area contributed by atoms with E-state index in [0.717, 1.165) is 28.8 Å². The molecule has 3 rings (SSSR count). The van der Waals surface area contributed by atoms with Gasteiger partial charge in [-0.15, -0.1) is 10.2 Å². The first-order chi connectivity index (χ1) is 15.1. The maximum absolute atomic E-state index is 13.0. The molecule has 0 atom stereocenters. The van der Waals surface area contributed by atoms with Crippen molar-refractivity contribution in [2.75, 3.05) is 6.54 Å². The fourth-order valence-corrected chi connectivity index (χ4v) is 3.32. The van der Waals surface area contributed by atoms with Crippen LogP contribution in [-0.4, -0.2) is 22.6 Å². The molecule has 1 amide bonds. The van der Waals surface area contributed by atoms with Gasteiger partial charge < -0.3 is 10.1 Å². The second kappa shape index (κ2) is 9.56. The van der Waals surface area contributed by atoms with Gasteiger partial charge >= 0.3 is 6.18 Å². The Morgan fingerprint density at radius 3 is 2.53 bits per heavy atom. The topological polar surface area (TPSA) is 64.1 Å². The largest absolute Gasteiger partial charge is 0.437 e. The Labute approximate surface area is 188 Å². The zero-order chi connectivity index (χ0) is 23.5. The number of aryl methyl sites for hydroxylation is 2. The number of carbonyl (C=O) groups excluding carboxylic acids is 1. The number of halogens is 4. The van der Waals surface area contributed by atoms with Gasteiger partial charge in [0, 0.05) is 12.1 Å². The van der Waals surface area contributed by atoms with Crippen molar-refractivity contribution in [2.45, 2.75) is 33.4 Å². The molecule has 3 aromatic rings. The Morgan fingerprint density at radius 1 is 1.09 bits per heavy atom. The van der Waals surface area contributed by atoms with Gasteiger partial charge in [-0.25, -0.2) is 0 Å². The van der Waals surface area contributed by atoms with Crippen molar-refractivity contribution in [1.29, 1.82) is 0 Å². The highest BCUT2D eigenvalue weighted by Crippen LogP contribution is 2.33. The first-order valence-corrected chi connectivity index (χ1v) is 10.2. The Kier molecular flexibility index (Phi) is 7.03. The summed E-state index contributed by atoms with van der Waals surface area (Å²) < 4.78 is 44.5. The Hall–Kier alpha value is -3.13. The number of amides is 1. The predicted molar refractivity (Wildman–Crippen MR) is 115 cm³/mol. The zero-order valence-electron chi connectivity index (χ0n) is 17.7. The van der Waals surface area contributed by atoms with Gasteiger partial charge in [-0.1, -0.05) is 41.4 Å². The number of nitrogens with one attached hydrogen (secondary N) is 1. The lowest BCUT2D eigenvalue weighted by Gasteiger charge is -2.14. The maximum Gasteiger partial charge on any atom is 0.416 e. The smallest absolute Gasteiger partial charge is 0.416 e. The molecule has 1 N–H and O–H groups in total. The Morgan fingerprint density at radius 2 is 1.84 bits per heavy atom. The third-order valence-electron chi connectivity index (χ3n) is 4.91. The van der Waals surface area contributed by atoms with Gasteiger partial charge in [-0.2, -0.15) is 13.2 Å². The molecule has 9 heteroatoms. The van der Waals surface area contributed by atoms with E-state index in [-0.39, 0.29) is 22.3 Å². The van der Waals surface area contributed by atoms with Crippen molar-refractivity contribution >= 4 is 17.5 Å². The van der Waals surface area contributed by atoms with Crippen molar-refractivity contribution in [3.63, 3.8) is 0 Å². The molecule has 0 saturated heterocycles. The van der Waals surface area contributed by atoms with Crippen LogP contribution in [0.5, 0.6) is 11.6 Å². The zero-order valence-corrected chi connectivity index (χ0v) is 18.4. The average molecular weight is 464 g/mol. The lowest BCUT2D eigenvalue weighted by atomic mass is 10.0. The average Bonchev–Trinajstić information content (AvgIpc) is 2.72. The number of nitrogens with zero attached hydrogens (tertiary/aromatic N) is 2. The van der Waals surface area contributed by atoms with Crippen molar-refractivity contribution < 1.29 is 22.7 Å². The quantitative estimate of drug-likeness (QED) is 0.499. The molecular weight excluding hydrogens is 443 g/mol. The third-order valence-corrected chi connectivity index (χ3v) is 5.27. The highest BCUT2D eigenvalue weighted by atomic mass is 35.5. The molecule has 0 aliphatic carbocycles. The number of alkyl halides is 3. The van der Waals surface area contributed by atoms with Gasteiger partial charge in [-0.05, 0) is 56.5 Å². The van der Waals surface area contributed by atoms with Crippen LogP contribution in [0.25, 0.3) is 0 Å². The van der Waals surface area contributed by atoms with E-state index in [2.05, 4.69) is 21.6 Å². The van der Waals surface area contributed by atoms with Crippen LogP contribution in [0.3, 0.4) is 0 Å². The van der Waals surface area contributed by atoms with Crippen LogP contribution >= 0.6 is 11.6 Å². The summed E-state index contributed by atoms with van der Waals surface area (Å²) in [6, 6.07) is 10.4. The van der Waals surface area contributed by atoms with Crippen molar-refractivity contribution in [3.05, 3.63) is 81.0 Å². The summed E-state index contributed by atoms with van der Waals surface area (Å²) in [6.07, 6.45) is -3.93. The molecule has 0 unspecified atom stereocenters. The van der Waals surface area contributed by atoms with E-state index in [1.807, 2.05) is 26.0 Å². The summed E-state index contributed by atoms with van der Waals surface area (Å²) in [5.41, 5.74) is 2.82. The van der Waals surface area contributed by atoms with Gasteiger partial charge in [-0.3, -0.25) is 4.79 Å². The highest BCUT2D eigenvalue weighted by Gasteiger charge is 2.31. The van der Waals surface area contributed by atoms with E-state index in [4.69, 9.17) is 16.3 Å². The van der Waals surface area contributed by atoms with Gasteiger partial charge in [0.2, 0.25) is 0 Å². The number of benzene rings is 2. The van der Waals surface area contributed by atoms with Crippen LogP contribution in [0, 0.1) is 20.8 Å². The molecule has 1 heterocycles. The molecule has 0 aliphatic rings. The van der Waals surface area contributed by atoms with E-state index in [1.165, 1.54) is 12.1 Å². The van der Waals surface area contributed by atoms with Crippen LogP contribution in [0.2, 0.25) is 5.15 Å². The Bertz CT molecular complexity index is 1150. The van der Waals surface area contributed by atoms with Gasteiger partial charge in [0.1, 0.15) is 11.3 Å². The number of ether oxygens (including phenoxy) is 1. The van der Waals surface area contributed by atoms with E-state index in [9.17, 15) is 18.0 Å². The normalized spacial score (nSPS) is 11.3. The lowest BCUT2D eigenvalue weighted by molar-refractivity contribution is -0.137. The molecule has 2 aromatic carbocycles. The Balaban J connectivity index is 1.80. The molecule has 0 bridgehead atoms. The minimum absolute atomic E-state index is 0.000853. The van der Waals surface area contributed by atoms with E-state index >= 15 is 0 Å². The molecule has 168 valence electrons. The van der Waals surface area contributed by atoms with Gasteiger partial charge in [0.15, 0.2) is 5.15 Å². The van der Waals surface area contributed by atoms with Crippen LogP contribution in [0.4, 0.5) is 13.2 Å². The van der Waals surface area contributed by atoms with Crippen LogP contribution in [0.1, 0.15) is 38.2 Å².